The van der Waals surface area contributed by atoms with Gasteiger partial charge in [-0.15, -0.1) is 0 Å². The molecule has 0 saturated heterocycles. The average molecular weight is 174 g/mol. The molecule has 1 aromatic rings. The first-order chi connectivity index (χ1) is 4.88. The maximum Gasteiger partial charge on any atom is 0.143 e. The fraction of sp³-hybridized carbons (Fsp3) is 0.143. The van der Waals surface area contributed by atoms with Crippen molar-refractivity contribution in [2.75, 3.05) is 12.5 Å². The van der Waals surface area contributed by atoms with Gasteiger partial charge in [0.1, 0.15) is 5.75 Å². The van der Waals surface area contributed by atoms with Crippen molar-refractivity contribution in [3.63, 3.8) is 0 Å². The molecule has 1 aromatic carbocycles. The number of methoxy groups -OCH3 is 1. The van der Waals surface area contributed by atoms with Gasteiger partial charge in [0.05, 0.1) is 12.8 Å². The van der Waals surface area contributed by atoms with Crippen molar-refractivity contribution in [2.24, 2.45) is 5.84 Å². The number of ether oxygens (including phenoxy) is 1. The van der Waals surface area contributed by atoms with Gasteiger partial charge in [-0.3, -0.25) is 5.84 Å². The van der Waals surface area contributed by atoms with E-state index in [0.717, 1.165) is 11.4 Å². The van der Waals surface area contributed by atoms with Crippen LogP contribution in [0.25, 0.3) is 0 Å². The molecule has 0 spiro atoms. The third-order valence-corrected chi connectivity index (χ3v) is 1.26. The number of hydrogen-bond donors (Lipinski definition) is 2. The van der Waals surface area contributed by atoms with Crippen molar-refractivity contribution in [1.82, 2.24) is 0 Å². The van der Waals surface area contributed by atoms with E-state index in [9.17, 15) is 0 Å². The zero-order chi connectivity index (χ0) is 7.40. The van der Waals surface area contributed by atoms with E-state index in [1.54, 1.807) is 7.11 Å². The second kappa shape index (κ2) is 4.82. The van der Waals surface area contributed by atoms with Crippen molar-refractivity contribution in [3.05, 3.63) is 24.3 Å². The van der Waals surface area contributed by atoms with Crippen LogP contribution in [0.3, 0.4) is 0 Å². The minimum Gasteiger partial charge on any atom is -0.495 e. The number of para-hydroxylation sites is 2. The highest BCUT2D eigenvalue weighted by Crippen LogP contribution is 2.21. The minimum absolute atomic E-state index is 0. The number of nitrogens with two attached hydrogens (primary N) is 1. The Kier molecular flexibility index (Phi) is 4.41. The number of hydrazine groups is 1. The summed E-state index contributed by atoms with van der Waals surface area (Å²) in [5.41, 5.74) is 3.32. The number of benzene rings is 1. The Hall–Kier alpha value is -0.930. The highest BCUT2D eigenvalue weighted by molar-refractivity contribution is 5.85. The third kappa shape index (κ3) is 2.29. The zero-order valence-electron chi connectivity index (χ0n) is 6.17. The average Bonchev–Trinajstić information content (AvgIpc) is 2.04. The van der Waals surface area contributed by atoms with Gasteiger partial charge in [-0.25, -0.2) is 0 Å². The fourth-order valence-electron chi connectivity index (χ4n) is 0.764. The van der Waals surface area contributed by atoms with Gasteiger partial charge >= 0.3 is 0 Å². The summed E-state index contributed by atoms with van der Waals surface area (Å²) < 4.78 is 4.99. The Balaban J connectivity index is 0.000001000. The number of nitrogens with one attached hydrogen (secondary N) is 1. The molecule has 0 aliphatic rings. The summed E-state index contributed by atoms with van der Waals surface area (Å²) in [5.74, 6) is 5.95. The molecule has 0 aliphatic carbocycles. The first kappa shape index (κ1) is 10.1. The van der Waals surface area contributed by atoms with Gasteiger partial charge in [0.15, 0.2) is 0 Å². The minimum atomic E-state index is 0. The van der Waals surface area contributed by atoms with Gasteiger partial charge in [0.25, 0.3) is 0 Å². The highest BCUT2D eigenvalue weighted by Gasteiger charge is 1.95. The van der Waals surface area contributed by atoms with Crippen LogP contribution in [0.2, 0.25) is 0 Å². The Morgan fingerprint density at radius 3 is 2.45 bits per heavy atom. The van der Waals surface area contributed by atoms with Gasteiger partial charge in [0.2, 0.25) is 0 Å². The summed E-state index contributed by atoms with van der Waals surface area (Å²) >= 11 is 0. The lowest BCUT2D eigenvalue weighted by Gasteiger charge is -2.05. The van der Waals surface area contributed by atoms with E-state index < -0.39 is 0 Å². The molecule has 1 rings (SSSR count). The molecule has 11 heavy (non-hydrogen) atoms. The van der Waals surface area contributed by atoms with Crippen LogP contribution < -0.4 is 16.0 Å². The Labute approximate surface area is 71.9 Å². The molecule has 0 unspecified atom stereocenters. The predicted molar refractivity (Wildman–Crippen MR) is 46.7 cm³/mol. The first-order valence-corrected chi connectivity index (χ1v) is 2.98. The first-order valence-electron chi connectivity index (χ1n) is 2.98. The predicted octanol–water partition coefficient (Wildman–Crippen LogP) is 1.67. The molecule has 0 atom stereocenters. The SMILES string of the molecule is COc1ccccc1NN.[Cl]. The summed E-state index contributed by atoms with van der Waals surface area (Å²) in [6.07, 6.45) is 0. The van der Waals surface area contributed by atoms with E-state index in [4.69, 9.17) is 10.6 Å². The summed E-state index contributed by atoms with van der Waals surface area (Å²) in [6.45, 7) is 0. The molecule has 0 heterocycles. The van der Waals surface area contributed by atoms with E-state index in [0.29, 0.717) is 0 Å². The van der Waals surface area contributed by atoms with Gasteiger partial charge in [0, 0.05) is 12.4 Å². The van der Waals surface area contributed by atoms with E-state index in [2.05, 4.69) is 5.43 Å². The lowest BCUT2D eigenvalue weighted by molar-refractivity contribution is 0.416. The summed E-state index contributed by atoms with van der Waals surface area (Å²) in [7, 11) is 1.61. The molecule has 0 bridgehead atoms. The molecule has 0 aliphatic heterocycles. The molecular formula is C7H10ClN2O. The number of nitrogen functional groups attached to an aromatic ring is 1. The molecule has 61 valence electrons. The van der Waals surface area contributed by atoms with Gasteiger partial charge in [-0.05, 0) is 12.1 Å². The van der Waals surface area contributed by atoms with Crippen LogP contribution in [0, 0.1) is 0 Å². The standard InChI is InChI=1S/C7H10N2O.Cl/c1-10-7-5-3-2-4-6(7)9-8;/h2-5,9H,8H2,1H3;. The Bertz CT molecular complexity index is 194. The van der Waals surface area contributed by atoms with E-state index in [1.165, 1.54) is 0 Å². The van der Waals surface area contributed by atoms with E-state index >= 15 is 0 Å². The van der Waals surface area contributed by atoms with Crippen molar-refractivity contribution >= 4 is 18.1 Å². The van der Waals surface area contributed by atoms with Crippen molar-refractivity contribution < 1.29 is 4.74 Å². The summed E-state index contributed by atoms with van der Waals surface area (Å²) in [5, 5.41) is 0. The van der Waals surface area contributed by atoms with Crippen LogP contribution in [0.1, 0.15) is 0 Å². The van der Waals surface area contributed by atoms with Crippen LogP contribution in [0.5, 0.6) is 5.75 Å². The monoisotopic (exact) mass is 173 g/mol. The van der Waals surface area contributed by atoms with Crippen molar-refractivity contribution in [1.29, 1.82) is 0 Å². The molecule has 0 saturated carbocycles. The van der Waals surface area contributed by atoms with Crippen LogP contribution in [0.15, 0.2) is 24.3 Å². The van der Waals surface area contributed by atoms with Crippen molar-refractivity contribution in [2.45, 2.75) is 0 Å². The summed E-state index contributed by atoms with van der Waals surface area (Å²) in [6, 6.07) is 7.46. The zero-order valence-corrected chi connectivity index (χ0v) is 6.93. The second-order valence-corrected chi connectivity index (χ2v) is 1.84. The lowest BCUT2D eigenvalue weighted by Crippen LogP contribution is -2.07. The molecule has 0 fully saturated rings. The number of hydrogen-bond acceptors (Lipinski definition) is 3. The highest BCUT2D eigenvalue weighted by atomic mass is 35.5. The van der Waals surface area contributed by atoms with E-state index in [1.807, 2.05) is 24.3 Å². The number of rotatable bonds is 2. The van der Waals surface area contributed by atoms with Gasteiger partial charge in [-0.1, -0.05) is 12.1 Å². The maximum absolute atomic E-state index is 5.20. The molecule has 1 radical (unpaired) electrons. The largest absolute Gasteiger partial charge is 0.495 e. The summed E-state index contributed by atoms with van der Waals surface area (Å²) in [4.78, 5) is 0. The smallest absolute Gasteiger partial charge is 0.143 e. The quantitative estimate of drug-likeness (QED) is 0.529. The van der Waals surface area contributed by atoms with Crippen molar-refractivity contribution in [3.8, 4) is 5.75 Å². The Morgan fingerprint density at radius 1 is 1.36 bits per heavy atom. The molecule has 0 amide bonds. The fourth-order valence-corrected chi connectivity index (χ4v) is 0.764. The maximum atomic E-state index is 5.20. The van der Waals surface area contributed by atoms with Crippen LogP contribution >= 0.6 is 12.4 Å². The lowest BCUT2D eigenvalue weighted by atomic mass is 10.3. The van der Waals surface area contributed by atoms with Crippen LogP contribution in [-0.4, -0.2) is 7.11 Å². The van der Waals surface area contributed by atoms with Gasteiger partial charge in [-0.2, -0.15) is 0 Å². The molecule has 4 heteroatoms. The Morgan fingerprint density at radius 2 is 2.00 bits per heavy atom. The van der Waals surface area contributed by atoms with Crippen LogP contribution in [-0.2, 0) is 0 Å². The van der Waals surface area contributed by atoms with Gasteiger partial charge < -0.3 is 10.2 Å². The van der Waals surface area contributed by atoms with Crippen LogP contribution in [0.4, 0.5) is 5.69 Å². The topological polar surface area (TPSA) is 47.3 Å². The number of anilines is 1. The molecular weight excluding hydrogens is 164 g/mol. The normalized spacial score (nSPS) is 8.18. The third-order valence-electron chi connectivity index (χ3n) is 1.26. The second-order valence-electron chi connectivity index (χ2n) is 1.84. The molecule has 3 N–H and O–H groups in total. The molecule has 0 aromatic heterocycles. The number of halogens is 1. The molecule has 3 nitrogen and oxygen atoms in total. The van der Waals surface area contributed by atoms with E-state index in [-0.39, 0.29) is 12.4 Å².